The van der Waals surface area contributed by atoms with Gasteiger partial charge in [0.2, 0.25) is 17.0 Å². The topological polar surface area (TPSA) is 125 Å². The minimum absolute atomic E-state index is 0.188. The monoisotopic (exact) mass is 564 g/mol. The van der Waals surface area contributed by atoms with Crippen molar-refractivity contribution < 1.29 is 14.2 Å². The van der Waals surface area contributed by atoms with Gasteiger partial charge in [-0.25, -0.2) is 0 Å². The predicted octanol–water partition coefficient (Wildman–Crippen LogP) is 3.98. The number of hydrogen-bond donors (Lipinski definition) is 2. The van der Waals surface area contributed by atoms with Crippen LogP contribution in [0.5, 0.6) is 17.2 Å². The second-order valence-electron chi connectivity index (χ2n) is 9.75. The Hall–Kier alpha value is -3.90. The molecule has 1 unspecified atom stereocenters. The van der Waals surface area contributed by atoms with Gasteiger partial charge in [-0.3, -0.25) is 0 Å². The fraction of sp³-hybridized carbons (Fsp3) is 0.429. The Balaban J connectivity index is 1.11. The molecule has 11 nitrogen and oxygen atoms in total. The first-order valence-corrected chi connectivity index (χ1v) is 14.3. The quantitative estimate of drug-likeness (QED) is 0.261. The lowest BCUT2D eigenvalue weighted by molar-refractivity contribution is 0.274. The van der Waals surface area contributed by atoms with Gasteiger partial charge in [-0.15, -0.1) is 15.3 Å². The molecule has 2 aromatic carbocycles. The number of nitrogens with zero attached hydrogens (tertiary/aromatic N) is 6. The molecule has 1 fully saturated rings. The van der Waals surface area contributed by atoms with Crippen LogP contribution >= 0.6 is 11.3 Å². The van der Waals surface area contributed by atoms with Crippen LogP contribution in [-0.4, -0.2) is 71.5 Å². The highest BCUT2D eigenvalue weighted by Gasteiger charge is 2.20. The van der Waals surface area contributed by atoms with Crippen LogP contribution in [-0.2, 0) is 6.42 Å². The first-order valence-electron chi connectivity index (χ1n) is 13.5. The molecule has 4 aromatic rings. The van der Waals surface area contributed by atoms with Gasteiger partial charge in [-0.2, -0.15) is 9.67 Å². The molecule has 0 radical (unpaired) electrons. The van der Waals surface area contributed by atoms with Crippen LogP contribution in [0.2, 0.25) is 0 Å². The Morgan fingerprint density at radius 3 is 2.52 bits per heavy atom. The summed E-state index contributed by atoms with van der Waals surface area (Å²) in [6.07, 6.45) is 4.41. The highest BCUT2D eigenvalue weighted by Crippen LogP contribution is 2.29. The molecule has 212 valence electrons. The first-order chi connectivity index (χ1) is 19.5. The van der Waals surface area contributed by atoms with Gasteiger partial charge in [0.25, 0.3) is 0 Å². The normalized spacial score (nSPS) is 14.2. The summed E-state index contributed by atoms with van der Waals surface area (Å²) in [6, 6.07) is 14.1. The molecule has 5 rings (SSSR count). The van der Waals surface area contributed by atoms with E-state index in [1.165, 1.54) is 23.3 Å². The Bertz CT molecular complexity index is 1380. The van der Waals surface area contributed by atoms with E-state index in [1.807, 2.05) is 36.4 Å². The zero-order valence-corrected chi connectivity index (χ0v) is 24.0. The third-order valence-corrected chi connectivity index (χ3v) is 7.76. The molecule has 1 aliphatic rings. The van der Waals surface area contributed by atoms with Crippen LogP contribution in [0.4, 0.5) is 11.9 Å². The molecule has 40 heavy (non-hydrogen) atoms. The number of benzene rings is 2. The first kappa shape index (κ1) is 27.7. The molecule has 3 N–H and O–H groups in total. The second kappa shape index (κ2) is 13.0. The molecule has 3 heterocycles. The number of anilines is 2. The van der Waals surface area contributed by atoms with Gasteiger partial charge < -0.3 is 30.2 Å². The zero-order chi connectivity index (χ0) is 27.9. The van der Waals surface area contributed by atoms with E-state index in [0.717, 1.165) is 66.7 Å². The van der Waals surface area contributed by atoms with Gasteiger partial charge in [0, 0.05) is 24.7 Å². The molecule has 0 bridgehead atoms. The highest BCUT2D eigenvalue weighted by molar-refractivity contribution is 7.17. The fourth-order valence-corrected chi connectivity index (χ4v) is 5.38. The van der Waals surface area contributed by atoms with Gasteiger partial charge in [0.1, 0.15) is 17.4 Å². The second-order valence-corrected chi connectivity index (χ2v) is 10.7. The van der Waals surface area contributed by atoms with Gasteiger partial charge in [0.15, 0.2) is 11.5 Å². The highest BCUT2D eigenvalue weighted by atomic mass is 32.1. The Kier molecular flexibility index (Phi) is 8.97. The maximum atomic E-state index is 6.16. The summed E-state index contributed by atoms with van der Waals surface area (Å²) in [5.41, 5.74) is 8.29. The molecular weight excluding hydrogens is 528 g/mol. The van der Waals surface area contributed by atoms with E-state index in [4.69, 9.17) is 19.9 Å². The average Bonchev–Trinajstić information content (AvgIpc) is 3.63. The largest absolute Gasteiger partial charge is 0.493 e. The smallest absolute Gasteiger partial charge is 0.247 e. The van der Waals surface area contributed by atoms with Crippen LogP contribution in [0.3, 0.4) is 0 Å². The summed E-state index contributed by atoms with van der Waals surface area (Å²) in [6.45, 7) is 5.40. The third-order valence-electron chi connectivity index (χ3n) is 6.81. The van der Waals surface area contributed by atoms with E-state index in [1.54, 1.807) is 18.9 Å². The molecule has 1 atom stereocenters. The number of piperidine rings is 1. The molecule has 1 aliphatic heterocycles. The Morgan fingerprint density at radius 1 is 1.00 bits per heavy atom. The predicted molar refractivity (Wildman–Crippen MR) is 157 cm³/mol. The van der Waals surface area contributed by atoms with Crippen LogP contribution < -0.4 is 30.2 Å². The van der Waals surface area contributed by atoms with E-state index < -0.39 is 0 Å². The molecule has 0 spiro atoms. The van der Waals surface area contributed by atoms with E-state index in [2.05, 4.69) is 43.5 Å². The number of methoxy groups -OCH3 is 2. The van der Waals surface area contributed by atoms with Crippen molar-refractivity contribution in [1.82, 2.24) is 30.3 Å². The lowest BCUT2D eigenvalue weighted by atomic mass is 10.1. The van der Waals surface area contributed by atoms with Crippen molar-refractivity contribution in [3.8, 4) is 33.0 Å². The summed E-state index contributed by atoms with van der Waals surface area (Å²) in [5.74, 6) is 3.25. The van der Waals surface area contributed by atoms with E-state index in [9.17, 15) is 0 Å². The standard InChI is InChI=1S/C28H36N8O3S/c1-19(30-14-13-20-7-12-23(37-2)24(17-20)38-3)18-39-22-10-8-21(9-11-22)25-32-33-28(40-25)36-26(29)31-27(34-36)35-15-5-4-6-16-35/h7-12,17,19,30H,4-6,13-16,18H2,1-3H3,(H2,29,31,34). The maximum absolute atomic E-state index is 6.16. The van der Waals surface area contributed by atoms with Crippen molar-refractivity contribution in [3.05, 3.63) is 48.0 Å². The Morgan fingerprint density at radius 2 is 1.77 bits per heavy atom. The number of nitrogens with one attached hydrogen (secondary N) is 1. The average molecular weight is 565 g/mol. The van der Waals surface area contributed by atoms with Gasteiger partial charge in [0.05, 0.1) is 14.2 Å². The van der Waals surface area contributed by atoms with Gasteiger partial charge in [-0.1, -0.05) is 17.4 Å². The maximum Gasteiger partial charge on any atom is 0.247 e. The van der Waals surface area contributed by atoms with Crippen LogP contribution in [0.1, 0.15) is 31.7 Å². The fourth-order valence-electron chi connectivity index (χ4n) is 4.57. The minimum Gasteiger partial charge on any atom is -0.493 e. The number of rotatable bonds is 12. The van der Waals surface area contributed by atoms with E-state index >= 15 is 0 Å². The molecule has 2 aromatic heterocycles. The number of nitrogens with two attached hydrogens (primary N) is 1. The van der Waals surface area contributed by atoms with E-state index in [0.29, 0.717) is 23.6 Å². The van der Waals surface area contributed by atoms with Crippen LogP contribution in [0.25, 0.3) is 15.7 Å². The lowest BCUT2D eigenvalue weighted by Gasteiger charge is -2.24. The lowest BCUT2D eigenvalue weighted by Crippen LogP contribution is -2.33. The van der Waals surface area contributed by atoms with Crippen molar-refractivity contribution in [2.24, 2.45) is 0 Å². The van der Waals surface area contributed by atoms with Gasteiger partial charge in [-0.05, 0) is 81.1 Å². The van der Waals surface area contributed by atoms with Crippen molar-refractivity contribution >= 4 is 23.2 Å². The van der Waals surface area contributed by atoms with E-state index in [-0.39, 0.29) is 6.04 Å². The van der Waals surface area contributed by atoms with Crippen LogP contribution in [0, 0.1) is 0 Å². The summed E-state index contributed by atoms with van der Waals surface area (Å²) >= 11 is 1.42. The summed E-state index contributed by atoms with van der Waals surface area (Å²) in [5, 5.41) is 18.1. The SMILES string of the molecule is COc1ccc(CCNC(C)COc2ccc(-c3nnc(-n4nc(N5CCCCC5)nc4N)s3)cc2)cc1OC. The number of ether oxygens (including phenoxy) is 3. The van der Waals surface area contributed by atoms with Gasteiger partial charge >= 0.3 is 0 Å². The summed E-state index contributed by atoms with van der Waals surface area (Å²) in [7, 11) is 3.29. The molecule has 12 heteroatoms. The third kappa shape index (κ3) is 6.62. The number of aromatic nitrogens is 5. The minimum atomic E-state index is 0.188. The molecule has 1 saturated heterocycles. The van der Waals surface area contributed by atoms with Crippen LogP contribution in [0.15, 0.2) is 42.5 Å². The number of nitrogen functional groups attached to an aromatic ring is 1. The van der Waals surface area contributed by atoms with Crippen molar-refractivity contribution in [3.63, 3.8) is 0 Å². The van der Waals surface area contributed by atoms with Crippen molar-refractivity contribution in [2.75, 3.05) is 51.1 Å². The van der Waals surface area contributed by atoms with Crippen molar-refractivity contribution in [1.29, 1.82) is 0 Å². The van der Waals surface area contributed by atoms with Crippen molar-refractivity contribution in [2.45, 2.75) is 38.6 Å². The molecule has 0 amide bonds. The number of hydrogen-bond acceptors (Lipinski definition) is 11. The molecular formula is C28H36N8O3S. The Labute approximate surface area is 238 Å². The summed E-state index contributed by atoms with van der Waals surface area (Å²) < 4.78 is 18.3. The summed E-state index contributed by atoms with van der Waals surface area (Å²) in [4.78, 5) is 6.62. The molecule has 0 saturated carbocycles. The zero-order valence-electron chi connectivity index (χ0n) is 23.2. The molecule has 0 aliphatic carbocycles.